The molecule has 0 aliphatic rings. The van der Waals surface area contributed by atoms with E-state index in [0.717, 1.165) is 0 Å². The molecule has 0 aromatic heterocycles. The van der Waals surface area contributed by atoms with Gasteiger partial charge >= 0.3 is 0 Å². The number of hydrogen-bond donors (Lipinski definition) is 1. The fraction of sp³-hybridized carbons (Fsp3) is 0.136. The number of benzene rings is 3. The number of ether oxygens (including phenoxy) is 1. The maximum atomic E-state index is 14.6. The molecular formula is C22H20FNO4S. The summed E-state index contributed by atoms with van der Waals surface area (Å²) < 4.78 is 46.9. The highest BCUT2D eigenvalue weighted by molar-refractivity contribution is 7.89. The standard InChI is InChI=1S/C22H20FNO4S/c1-15-12-16(18-10-6-7-11-21(18)28-2)13-19(22(15)23)20(25)14-24-29(26,27)17-8-4-3-5-9-17/h3-13,24H,14H2,1-2H3. The van der Waals surface area contributed by atoms with Crippen molar-refractivity contribution in [2.75, 3.05) is 13.7 Å². The maximum Gasteiger partial charge on any atom is 0.240 e. The first-order chi connectivity index (χ1) is 13.8. The third kappa shape index (κ3) is 4.52. The molecule has 0 spiro atoms. The minimum Gasteiger partial charge on any atom is -0.496 e. The molecule has 3 aromatic rings. The number of para-hydroxylation sites is 1. The monoisotopic (exact) mass is 413 g/mol. The van der Waals surface area contributed by atoms with Crippen molar-refractivity contribution >= 4 is 15.8 Å². The highest BCUT2D eigenvalue weighted by Crippen LogP contribution is 2.32. The lowest BCUT2D eigenvalue weighted by Gasteiger charge is -2.13. The second-order valence-corrected chi connectivity index (χ2v) is 8.18. The zero-order chi connectivity index (χ0) is 21.0. The molecule has 0 heterocycles. The van der Waals surface area contributed by atoms with Crippen LogP contribution in [0.3, 0.4) is 0 Å². The second-order valence-electron chi connectivity index (χ2n) is 6.42. The topological polar surface area (TPSA) is 72.5 Å². The Kier molecular flexibility index (Phi) is 6.10. The van der Waals surface area contributed by atoms with Crippen LogP contribution < -0.4 is 9.46 Å². The van der Waals surface area contributed by atoms with Crippen molar-refractivity contribution < 1.29 is 22.3 Å². The van der Waals surface area contributed by atoms with Crippen LogP contribution >= 0.6 is 0 Å². The molecule has 0 aliphatic carbocycles. The van der Waals surface area contributed by atoms with Crippen LogP contribution in [0.2, 0.25) is 0 Å². The van der Waals surface area contributed by atoms with Crippen LogP contribution in [0, 0.1) is 12.7 Å². The van der Waals surface area contributed by atoms with Crippen LogP contribution in [0.5, 0.6) is 5.75 Å². The number of halogens is 1. The summed E-state index contributed by atoms with van der Waals surface area (Å²) in [5, 5.41) is 0. The maximum absolute atomic E-state index is 14.6. The fourth-order valence-corrected chi connectivity index (χ4v) is 3.95. The van der Waals surface area contributed by atoms with Crippen LogP contribution in [0.15, 0.2) is 71.6 Å². The first-order valence-electron chi connectivity index (χ1n) is 8.85. The zero-order valence-electron chi connectivity index (χ0n) is 16.0. The van der Waals surface area contributed by atoms with Gasteiger partial charge in [-0.3, -0.25) is 4.79 Å². The van der Waals surface area contributed by atoms with E-state index in [9.17, 15) is 17.6 Å². The summed E-state index contributed by atoms with van der Waals surface area (Å²) in [7, 11) is -2.35. The smallest absolute Gasteiger partial charge is 0.240 e. The highest BCUT2D eigenvalue weighted by atomic mass is 32.2. The van der Waals surface area contributed by atoms with Crippen LogP contribution in [0.25, 0.3) is 11.1 Å². The molecule has 5 nitrogen and oxygen atoms in total. The largest absolute Gasteiger partial charge is 0.496 e. The Bertz CT molecular complexity index is 1140. The van der Waals surface area contributed by atoms with E-state index in [0.29, 0.717) is 16.9 Å². The predicted molar refractivity (Wildman–Crippen MR) is 109 cm³/mol. The van der Waals surface area contributed by atoms with E-state index in [1.54, 1.807) is 43.3 Å². The summed E-state index contributed by atoms with van der Waals surface area (Å²) in [4.78, 5) is 12.7. The molecule has 0 unspecified atom stereocenters. The van der Waals surface area contributed by atoms with Gasteiger partial charge in [-0.2, -0.15) is 0 Å². The number of aryl methyl sites for hydroxylation is 1. The lowest BCUT2D eigenvalue weighted by Crippen LogP contribution is -2.30. The Morgan fingerprint density at radius 1 is 1.03 bits per heavy atom. The van der Waals surface area contributed by atoms with Gasteiger partial charge in [0.2, 0.25) is 10.0 Å². The number of carbonyl (C=O) groups is 1. The number of carbonyl (C=O) groups excluding carboxylic acids is 1. The van der Waals surface area contributed by atoms with Crippen molar-refractivity contribution in [1.82, 2.24) is 4.72 Å². The average Bonchev–Trinajstić information content (AvgIpc) is 2.74. The van der Waals surface area contributed by atoms with Crippen LogP contribution in [0.1, 0.15) is 15.9 Å². The van der Waals surface area contributed by atoms with Crippen molar-refractivity contribution in [3.05, 3.63) is 83.7 Å². The van der Waals surface area contributed by atoms with Gasteiger partial charge in [0.1, 0.15) is 11.6 Å². The van der Waals surface area contributed by atoms with Gasteiger partial charge in [0.05, 0.1) is 24.1 Å². The molecule has 0 radical (unpaired) electrons. The van der Waals surface area contributed by atoms with E-state index in [-0.39, 0.29) is 16.0 Å². The molecule has 7 heteroatoms. The van der Waals surface area contributed by atoms with Gasteiger partial charge in [-0.1, -0.05) is 36.4 Å². The Morgan fingerprint density at radius 3 is 2.38 bits per heavy atom. The summed E-state index contributed by atoms with van der Waals surface area (Å²) in [6, 6.07) is 17.9. The number of Topliss-reactive ketones (excluding diaryl/α,β-unsaturated/α-hetero) is 1. The highest BCUT2D eigenvalue weighted by Gasteiger charge is 2.20. The summed E-state index contributed by atoms with van der Waals surface area (Å²) in [6.45, 7) is 1.00. The molecule has 0 aliphatic heterocycles. The Morgan fingerprint density at radius 2 is 1.69 bits per heavy atom. The quantitative estimate of drug-likeness (QED) is 0.595. The molecule has 3 aromatic carbocycles. The summed E-state index contributed by atoms with van der Waals surface area (Å²) >= 11 is 0. The molecule has 0 bridgehead atoms. The van der Waals surface area contributed by atoms with Crippen LogP contribution in [0.4, 0.5) is 4.39 Å². The Labute approximate surface area is 169 Å². The molecule has 3 rings (SSSR count). The molecular weight excluding hydrogens is 393 g/mol. The third-order valence-corrected chi connectivity index (χ3v) is 5.87. The van der Waals surface area contributed by atoms with Crippen molar-refractivity contribution in [2.24, 2.45) is 0 Å². The van der Waals surface area contributed by atoms with Crippen LogP contribution in [-0.4, -0.2) is 27.9 Å². The minimum absolute atomic E-state index is 0.0345. The second kappa shape index (κ2) is 8.55. The van der Waals surface area contributed by atoms with Gasteiger partial charge in [0.25, 0.3) is 0 Å². The number of nitrogens with one attached hydrogen (secondary N) is 1. The number of rotatable bonds is 7. The van der Waals surface area contributed by atoms with Gasteiger partial charge in [-0.15, -0.1) is 0 Å². The van der Waals surface area contributed by atoms with Crippen LogP contribution in [-0.2, 0) is 10.0 Å². The normalized spacial score (nSPS) is 11.3. The number of hydrogen-bond acceptors (Lipinski definition) is 4. The van der Waals surface area contributed by atoms with Gasteiger partial charge in [0.15, 0.2) is 5.78 Å². The van der Waals surface area contributed by atoms with E-state index in [2.05, 4.69) is 4.72 Å². The number of ketones is 1. The first-order valence-corrected chi connectivity index (χ1v) is 10.3. The molecule has 0 atom stereocenters. The molecule has 29 heavy (non-hydrogen) atoms. The minimum atomic E-state index is -3.87. The van der Waals surface area contributed by atoms with E-state index in [1.165, 1.54) is 25.3 Å². The van der Waals surface area contributed by atoms with Gasteiger partial charge in [-0.25, -0.2) is 17.5 Å². The molecule has 0 saturated carbocycles. The average molecular weight is 413 g/mol. The molecule has 150 valence electrons. The lowest BCUT2D eigenvalue weighted by atomic mass is 9.97. The van der Waals surface area contributed by atoms with Crippen molar-refractivity contribution in [3.63, 3.8) is 0 Å². The summed E-state index contributed by atoms with van der Waals surface area (Å²) in [5.41, 5.74) is 1.41. The fourth-order valence-electron chi connectivity index (χ4n) is 2.95. The van der Waals surface area contributed by atoms with Gasteiger partial charge < -0.3 is 4.74 Å². The van der Waals surface area contributed by atoms with Crippen molar-refractivity contribution in [3.8, 4) is 16.9 Å². The molecule has 0 saturated heterocycles. The lowest BCUT2D eigenvalue weighted by molar-refractivity contribution is 0.0993. The molecule has 0 amide bonds. The van der Waals surface area contributed by atoms with Crippen molar-refractivity contribution in [2.45, 2.75) is 11.8 Å². The SMILES string of the molecule is COc1ccccc1-c1cc(C)c(F)c(C(=O)CNS(=O)(=O)c2ccccc2)c1. The number of methoxy groups -OCH3 is 1. The summed E-state index contributed by atoms with van der Waals surface area (Å²) in [6.07, 6.45) is 0. The van der Waals surface area contributed by atoms with Gasteiger partial charge in [0, 0.05) is 5.56 Å². The third-order valence-electron chi connectivity index (χ3n) is 4.45. The zero-order valence-corrected chi connectivity index (χ0v) is 16.8. The van der Waals surface area contributed by atoms with E-state index in [4.69, 9.17) is 4.74 Å². The molecule has 0 fully saturated rings. The molecule has 1 N–H and O–H groups in total. The van der Waals surface area contributed by atoms with E-state index >= 15 is 0 Å². The van der Waals surface area contributed by atoms with E-state index < -0.39 is 28.2 Å². The van der Waals surface area contributed by atoms with Crippen molar-refractivity contribution in [1.29, 1.82) is 0 Å². The number of sulfonamides is 1. The Hall–Kier alpha value is -3.03. The van der Waals surface area contributed by atoms with Gasteiger partial charge in [-0.05, 0) is 48.4 Å². The van der Waals surface area contributed by atoms with E-state index in [1.807, 2.05) is 12.1 Å². The summed E-state index contributed by atoms with van der Waals surface area (Å²) in [5.74, 6) is -0.754. The predicted octanol–water partition coefficient (Wildman–Crippen LogP) is 3.97. The first kappa shape index (κ1) is 20.7. The Balaban J connectivity index is 1.90.